The number of hydrogen-bond acceptors (Lipinski definition) is 6. The lowest BCUT2D eigenvalue weighted by Crippen LogP contribution is -2.58. The summed E-state index contributed by atoms with van der Waals surface area (Å²) in [5.74, 6) is -3.02. The number of benzene rings is 2. The van der Waals surface area contributed by atoms with Crippen LogP contribution in [0.25, 0.3) is 10.9 Å². The number of carboxylic acid groups (broad SMARTS) is 1. The molecule has 39 heavy (non-hydrogen) atoms. The fraction of sp³-hybridized carbons (Fsp3) is 0.357. The van der Waals surface area contributed by atoms with Crippen molar-refractivity contribution in [1.29, 1.82) is 0 Å². The molecule has 3 aromatic rings. The Morgan fingerprint density at radius 3 is 2.44 bits per heavy atom. The zero-order valence-electron chi connectivity index (χ0n) is 21.4. The van der Waals surface area contributed by atoms with Gasteiger partial charge in [0.2, 0.25) is 17.7 Å². The summed E-state index contributed by atoms with van der Waals surface area (Å²) in [5.41, 5.74) is 8.63. The van der Waals surface area contributed by atoms with E-state index in [-0.39, 0.29) is 19.4 Å². The van der Waals surface area contributed by atoms with Crippen molar-refractivity contribution in [1.82, 2.24) is 20.5 Å². The molecule has 3 amide bonds. The third-order valence-corrected chi connectivity index (χ3v) is 6.98. The highest BCUT2D eigenvalue weighted by Gasteiger charge is 2.39. The minimum absolute atomic E-state index is 0.0895. The summed E-state index contributed by atoms with van der Waals surface area (Å²) < 4.78 is 0. The maximum Gasteiger partial charge on any atom is 0.326 e. The first-order valence-electron chi connectivity index (χ1n) is 12.9. The molecule has 1 aliphatic heterocycles. The maximum absolute atomic E-state index is 13.3. The standard InChI is InChI=1S/C28H33N5O6/c29-20(14-18-15-30-21-10-5-4-9-19(18)21)25(35)32-23(16-34)27(37)33-12-6-11-24(33)26(36)31-22(28(38)39)13-17-7-2-1-3-8-17/h1-5,7-10,15,20,22-24,30,34H,6,11-14,16,29H2,(H,31,36)(H,32,35)(H,38,39). The fourth-order valence-corrected chi connectivity index (χ4v) is 4.92. The summed E-state index contributed by atoms with van der Waals surface area (Å²) in [5, 5.41) is 25.5. The molecule has 0 radical (unpaired) electrons. The molecule has 1 fully saturated rings. The largest absolute Gasteiger partial charge is 0.480 e. The van der Waals surface area contributed by atoms with E-state index in [1.54, 1.807) is 30.5 Å². The smallest absolute Gasteiger partial charge is 0.326 e. The lowest BCUT2D eigenvalue weighted by molar-refractivity contribution is -0.145. The monoisotopic (exact) mass is 535 g/mol. The number of aliphatic hydroxyl groups excluding tert-OH is 1. The van der Waals surface area contributed by atoms with E-state index in [2.05, 4.69) is 15.6 Å². The Kier molecular flexibility index (Phi) is 8.95. The molecule has 1 aromatic heterocycles. The predicted molar refractivity (Wildman–Crippen MR) is 143 cm³/mol. The van der Waals surface area contributed by atoms with E-state index in [1.165, 1.54) is 4.90 Å². The van der Waals surface area contributed by atoms with Crippen LogP contribution in [0.4, 0.5) is 0 Å². The Hall–Kier alpha value is -4.22. The van der Waals surface area contributed by atoms with Gasteiger partial charge in [0.15, 0.2) is 0 Å². The summed E-state index contributed by atoms with van der Waals surface area (Å²) in [4.78, 5) is 55.4. The summed E-state index contributed by atoms with van der Waals surface area (Å²) in [6.45, 7) is -0.442. The van der Waals surface area contributed by atoms with Crippen LogP contribution >= 0.6 is 0 Å². The van der Waals surface area contributed by atoms with Crippen molar-refractivity contribution in [2.75, 3.05) is 13.2 Å². The van der Waals surface area contributed by atoms with Crippen LogP contribution in [0.3, 0.4) is 0 Å². The lowest BCUT2D eigenvalue weighted by Gasteiger charge is -2.29. The van der Waals surface area contributed by atoms with E-state index in [4.69, 9.17) is 5.73 Å². The van der Waals surface area contributed by atoms with Crippen molar-refractivity contribution in [2.45, 2.75) is 49.9 Å². The highest BCUT2D eigenvalue weighted by atomic mass is 16.4. The molecule has 4 atom stereocenters. The maximum atomic E-state index is 13.3. The van der Waals surface area contributed by atoms with E-state index in [0.717, 1.165) is 22.0 Å². The number of hydrogen-bond donors (Lipinski definition) is 6. The Labute approximate surface area is 225 Å². The van der Waals surface area contributed by atoms with E-state index in [0.29, 0.717) is 12.8 Å². The highest BCUT2D eigenvalue weighted by Crippen LogP contribution is 2.20. The number of aromatic amines is 1. The summed E-state index contributed by atoms with van der Waals surface area (Å²) >= 11 is 0. The number of aliphatic hydroxyl groups is 1. The van der Waals surface area contributed by atoms with Crippen LogP contribution in [0.1, 0.15) is 24.0 Å². The van der Waals surface area contributed by atoms with Gasteiger partial charge in [-0.25, -0.2) is 4.79 Å². The number of fused-ring (bicyclic) bond motifs is 1. The number of amides is 3. The molecule has 11 nitrogen and oxygen atoms in total. The van der Waals surface area contributed by atoms with Crippen LogP contribution in [-0.2, 0) is 32.0 Å². The number of carbonyl (C=O) groups is 4. The SMILES string of the molecule is NC(Cc1c[nH]c2ccccc12)C(=O)NC(CO)C(=O)N1CCCC1C(=O)NC(Cc1ccccc1)C(=O)O. The van der Waals surface area contributed by atoms with Crippen molar-refractivity contribution in [3.05, 3.63) is 71.9 Å². The zero-order chi connectivity index (χ0) is 27.9. The topological polar surface area (TPSA) is 178 Å². The van der Waals surface area contributed by atoms with Gasteiger partial charge in [0.25, 0.3) is 0 Å². The molecule has 4 unspecified atom stereocenters. The van der Waals surface area contributed by atoms with Gasteiger partial charge in [-0.05, 0) is 36.5 Å². The van der Waals surface area contributed by atoms with E-state index >= 15 is 0 Å². The average Bonchev–Trinajstić information content (AvgIpc) is 3.59. The van der Waals surface area contributed by atoms with Crippen LogP contribution in [-0.4, -0.2) is 81.1 Å². The van der Waals surface area contributed by atoms with Gasteiger partial charge >= 0.3 is 5.97 Å². The fourth-order valence-electron chi connectivity index (χ4n) is 4.92. The first kappa shape index (κ1) is 27.8. The van der Waals surface area contributed by atoms with Gasteiger partial charge in [0, 0.05) is 30.1 Å². The van der Waals surface area contributed by atoms with Gasteiger partial charge < -0.3 is 36.5 Å². The molecule has 0 aliphatic carbocycles. The van der Waals surface area contributed by atoms with Crippen LogP contribution in [0.2, 0.25) is 0 Å². The molecular weight excluding hydrogens is 502 g/mol. The first-order valence-corrected chi connectivity index (χ1v) is 12.9. The first-order chi connectivity index (χ1) is 18.8. The summed E-state index contributed by atoms with van der Waals surface area (Å²) in [6, 6.07) is 12.2. The molecule has 1 aliphatic rings. The number of nitrogens with one attached hydrogen (secondary N) is 3. The van der Waals surface area contributed by atoms with Gasteiger partial charge in [0.1, 0.15) is 18.1 Å². The third-order valence-electron chi connectivity index (χ3n) is 6.98. The number of aliphatic carboxylic acids is 1. The number of carbonyl (C=O) groups excluding carboxylic acids is 3. The van der Waals surface area contributed by atoms with E-state index in [9.17, 15) is 29.4 Å². The number of nitrogens with two attached hydrogens (primary N) is 1. The van der Waals surface area contributed by atoms with Crippen molar-refractivity contribution in [3.8, 4) is 0 Å². The normalized spacial score (nSPS) is 17.4. The second kappa shape index (κ2) is 12.5. The second-order valence-electron chi connectivity index (χ2n) is 9.69. The number of H-pyrrole nitrogens is 1. The Morgan fingerprint density at radius 1 is 1.00 bits per heavy atom. The molecule has 7 N–H and O–H groups in total. The minimum atomic E-state index is -1.29. The molecule has 0 saturated carbocycles. The second-order valence-corrected chi connectivity index (χ2v) is 9.69. The van der Waals surface area contributed by atoms with Crippen molar-refractivity contribution in [2.24, 2.45) is 5.73 Å². The van der Waals surface area contributed by atoms with Crippen LogP contribution in [0.15, 0.2) is 60.8 Å². The Bertz CT molecular complexity index is 1330. The number of aromatic nitrogens is 1. The van der Waals surface area contributed by atoms with Gasteiger partial charge in [0.05, 0.1) is 12.6 Å². The predicted octanol–water partition coefficient (Wildman–Crippen LogP) is 0.318. The third kappa shape index (κ3) is 6.62. The molecule has 2 heterocycles. The van der Waals surface area contributed by atoms with Crippen LogP contribution < -0.4 is 16.4 Å². The van der Waals surface area contributed by atoms with Crippen molar-refractivity contribution >= 4 is 34.6 Å². The molecular formula is C28H33N5O6. The summed E-state index contributed by atoms with van der Waals surface area (Å²) in [7, 11) is 0. The van der Waals surface area contributed by atoms with Gasteiger partial charge in [-0.15, -0.1) is 0 Å². The average molecular weight is 536 g/mol. The molecule has 2 aromatic carbocycles. The van der Waals surface area contributed by atoms with Crippen molar-refractivity contribution in [3.63, 3.8) is 0 Å². The van der Waals surface area contributed by atoms with Crippen LogP contribution in [0, 0.1) is 0 Å². The molecule has 11 heteroatoms. The Morgan fingerprint density at radius 2 is 1.72 bits per heavy atom. The number of rotatable bonds is 11. The molecule has 1 saturated heterocycles. The molecule has 206 valence electrons. The Balaban J connectivity index is 1.37. The molecule has 4 rings (SSSR count). The molecule has 0 spiro atoms. The van der Waals surface area contributed by atoms with Crippen LogP contribution in [0.5, 0.6) is 0 Å². The van der Waals surface area contributed by atoms with Gasteiger partial charge in [-0.1, -0.05) is 48.5 Å². The molecule has 0 bridgehead atoms. The number of para-hydroxylation sites is 1. The van der Waals surface area contributed by atoms with Gasteiger partial charge in [-0.2, -0.15) is 0 Å². The van der Waals surface area contributed by atoms with E-state index < -0.39 is 54.5 Å². The van der Waals surface area contributed by atoms with Crippen molar-refractivity contribution < 1.29 is 29.4 Å². The lowest BCUT2D eigenvalue weighted by atomic mass is 10.0. The number of carboxylic acids is 1. The van der Waals surface area contributed by atoms with Gasteiger partial charge in [-0.3, -0.25) is 14.4 Å². The zero-order valence-corrected chi connectivity index (χ0v) is 21.4. The quantitative estimate of drug-likeness (QED) is 0.205. The number of nitrogens with zero attached hydrogens (tertiary/aromatic N) is 1. The minimum Gasteiger partial charge on any atom is -0.480 e. The highest BCUT2D eigenvalue weighted by molar-refractivity contribution is 5.95. The summed E-state index contributed by atoms with van der Waals surface area (Å²) in [6.07, 6.45) is 2.94. The van der Waals surface area contributed by atoms with E-state index in [1.807, 2.05) is 30.3 Å². The number of likely N-dealkylation sites (tertiary alicyclic amines) is 1.